The summed E-state index contributed by atoms with van der Waals surface area (Å²) in [4.78, 5) is 1.45. The monoisotopic (exact) mass is 228 g/mol. The Hall–Kier alpha value is -1.54. The SMILES string of the molecule is CN(C)C(C#N)c1ccccc1C(F)(F)F. The van der Waals surface area contributed by atoms with Crippen molar-refractivity contribution in [3.8, 4) is 6.07 Å². The number of alkyl halides is 3. The lowest BCUT2D eigenvalue weighted by Crippen LogP contribution is -2.22. The van der Waals surface area contributed by atoms with E-state index in [-0.39, 0.29) is 5.56 Å². The molecule has 86 valence electrons. The molecule has 0 spiro atoms. The molecule has 0 N–H and O–H groups in total. The average Bonchev–Trinajstić information content (AvgIpc) is 2.17. The van der Waals surface area contributed by atoms with Crippen LogP contribution in [0.5, 0.6) is 0 Å². The molecule has 2 nitrogen and oxygen atoms in total. The normalized spacial score (nSPS) is 13.6. The predicted molar refractivity (Wildman–Crippen MR) is 53.5 cm³/mol. The van der Waals surface area contributed by atoms with Crippen molar-refractivity contribution in [1.29, 1.82) is 5.26 Å². The van der Waals surface area contributed by atoms with Crippen molar-refractivity contribution in [1.82, 2.24) is 4.90 Å². The van der Waals surface area contributed by atoms with Gasteiger partial charge >= 0.3 is 6.18 Å². The number of hydrogen-bond donors (Lipinski definition) is 0. The Kier molecular flexibility index (Phi) is 3.55. The molecule has 0 aliphatic heterocycles. The number of rotatable bonds is 2. The first-order valence-electron chi connectivity index (χ1n) is 4.60. The van der Waals surface area contributed by atoms with Crippen LogP contribution in [-0.2, 0) is 6.18 Å². The lowest BCUT2D eigenvalue weighted by molar-refractivity contribution is -0.138. The average molecular weight is 228 g/mol. The van der Waals surface area contributed by atoms with Crippen LogP contribution in [0.2, 0.25) is 0 Å². The molecule has 0 saturated carbocycles. The van der Waals surface area contributed by atoms with E-state index in [2.05, 4.69) is 0 Å². The van der Waals surface area contributed by atoms with Gasteiger partial charge in [0, 0.05) is 0 Å². The third-order valence-corrected chi connectivity index (χ3v) is 2.20. The molecule has 1 atom stereocenters. The highest BCUT2D eigenvalue weighted by Crippen LogP contribution is 2.35. The molecule has 16 heavy (non-hydrogen) atoms. The molecule has 0 radical (unpaired) electrons. The van der Waals surface area contributed by atoms with E-state index in [1.54, 1.807) is 14.1 Å². The van der Waals surface area contributed by atoms with E-state index < -0.39 is 17.8 Å². The Morgan fingerprint density at radius 2 is 1.81 bits per heavy atom. The zero-order valence-corrected chi connectivity index (χ0v) is 8.92. The van der Waals surface area contributed by atoms with Crippen molar-refractivity contribution in [3.63, 3.8) is 0 Å². The summed E-state index contributed by atoms with van der Waals surface area (Å²) in [5.41, 5.74) is -0.766. The molecule has 0 bridgehead atoms. The van der Waals surface area contributed by atoms with Crippen LogP contribution in [0.3, 0.4) is 0 Å². The Balaban J connectivity index is 3.29. The molecule has 0 fully saturated rings. The number of nitriles is 1. The molecule has 1 aromatic carbocycles. The van der Waals surface area contributed by atoms with Gasteiger partial charge in [0.15, 0.2) is 0 Å². The molecule has 1 rings (SSSR count). The maximum atomic E-state index is 12.7. The van der Waals surface area contributed by atoms with E-state index in [9.17, 15) is 13.2 Å². The van der Waals surface area contributed by atoms with Gasteiger partial charge in [-0.3, -0.25) is 4.90 Å². The van der Waals surface area contributed by atoms with Crippen LogP contribution in [0, 0.1) is 11.3 Å². The van der Waals surface area contributed by atoms with Gasteiger partial charge < -0.3 is 0 Å². The fraction of sp³-hybridized carbons (Fsp3) is 0.364. The highest BCUT2D eigenvalue weighted by atomic mass is 19.4. The van der Waals surface area contributed by atoms with Gasteiger partial charge in [-0.15, -0.1) is 0 Å². The Bertz CT molecular complexity index is 404. The van der Waals surface area contributed by atoms with Crippen molar-refractivity contribution in [2.45, 2.75) is 12.2 Å². The maximum absolute atomic E-state index is 12.7. The first-order valence-corrected chi connectivity index (χ1v) is 4.60. The second-order valence-corrected chi connectivity index (χ2v) is 3.58. The van der Waals surface area contributed by atoms with Gasteiger partial charge in [0.05, 0.1) is 11.6 Å². The first-order chi connectivity index (χ1) is 7.38. The van der Waals surface area contributed by atoms with E-state index in [0.717, 1.165) is 6.07 Å². The molecule has 1 aromatic rings. The smallest absolute Gasteiger partial charge is 0.291 e. The van der Waals surface area contributed by atoms with E-state index in [1.165, 1.54) is 23.1 Å². The quantitative estimate of drug-likeness (QED) is 0.778. The van der Waals surface area contributed by atoms with Gasteiger partial charge in [-0.05, 0) is 25.7 Å². The fourth-order valence-electron chi connectivity index (χ4n) is 1.46. The molecule has 0 saturated heterocycles. The molecular formula is C11H11F3N2. The van der Waals surface area contributed by atoms with E-state index in [0.29, 0.717) is 0 Å². The van der Waals surface area contributed by atoms with E-state index in [1.807, 2.05) is 6.07 Å². The lowest BCUT2D eigenvalue weighted by Gasteiger charge is -2.21. The third-order valence-electron chi connectivity index (χ3n) is 2.20. The van der Waals surface area contributed by atoms with Crippen molar-refractivity contribution in [3.05, 3.63) is 35.4 Å². The largest absolute Gasteiger partial charge is 0.416 e. The van der Waals surface area contributed by atoms with Gasteiger partial charge in [0.2, 0.25) is 0 Å². The van der Waals surface area contributed by atoms with Crippen molar-refractivity contribution in [2.24, 2.45) is 0 Å². The summed E-state index contributed by atoms with van der Waals surface area (Å²) in [5.74, 6) is 0. The van der Waals surface area contributed by atoms with Crippen LogP contribution in [-0.4, -0.2) is 19.0 Å². The van der Waals surface area contributed by atoms with Gasteiger partial charge in [0.1, 0.15) is 6.04 Å². The number of benzene rings is 1. The minimum atomic E-state index is -4.43. The summed E-state index contributed by atoms with van der Waals surface area (Å²) < 4.78 is 38.0. The van der Waals surface area contributed by atoms with Gasteiger partial charge in [-0.2, -0.15) is 18.4 Å². The lowest BCUT2D eigenvalue weighted by atomic mass is 10.00. The summed E-state index contributed by atoms with van der Waals surface area (Å²) >= 11 is 0. The predicted octanol–water partition coefficient (Wildman–Crippen LogP) is 2.83. The first kappa shape index (κ1) is 12.5. The summed E-state index contributed by atoms with van der Waals surface area (Å²) in [6.45, 7) is 0. The van der Waals surface area contributed by atoms with Gasteiger partial charge in [-0.25, -0.2) is 0 Å². The molecular weight excluding hydrogens is 217 g/mol. The molecule has 0 amide bonds. The standard InChI is InChI=1S/C11H11F3N2/c1-16(2)10(7-15)8-5-3-4-6-9(8)11(12,13)14/h3-6,10H,1-2H3. The summed E-state index contributed by atoms with van der Waals surface area (Å²) in [5, 5.41) is 8.88. The molecule has 0 aliphatic carbocycles. The minimum Gasteiger partial charge on any atom is -0.291 e. The highest BCUT2D eigenvalue weighted by molar-refractivity contribution is 5.35. The topological polar surface area (TPSA) is 27.0 Å². The summed E-state index contributed by atoms with van der Waals surface area (Å²) in [7, 11) is 3.14. The highest BCUT2D eigenvalue weighted by Gasteiger charge is 2.35. The molecule has 5 heteroatoms. The third kappa shape index (κ3) is 2.52. The van der Waals surface area contributed by atoms with Crippen LogP contribution in [0.4, 0.5) is 13.2 Å². The van der Waals surface area contributed by atoms with Crippen molar-refractivity contribution in [2.75, 3.05) is 14.1 Å². The van der Waals surface area contributed by atoms with Crippen LogP contribution in [0.25, 0.3) is 0 Å². The van der Waals surface area contributed by atoms with Crippen LogP contribution >= 0.6 is 0 Å². The van der Waals surface area contributed by atoms with Crippen molar-refractivity contribution >= 4 is 0 Å². The number of nitrogens with zero attached hydrogens (tertiary/aromatic N) is 2. The summed E-state index contributed by atoms with van der Waals surface area (Å²) in [6.07, 6.45) is -4.43. The minimum absolute atomic E-state index is 0.0116. The number of halogens is 3. The van der Waals surface area contributed by atoms with Crippen LogP contribution in [0.15, 0.2) is 24.3 Å². The maximum Gasteiger partial charge on any atom is 0.416 e. The molecule has 1 unspecified atom stereocenters. The Labute approximate surface area is 91.9 Å². The Morgan fingerprint density at radius 3 is 2.25 bits per heavy atom. The zero-order chi connectivity index (χ0) is 12.3. The second kappa shape index (κ2) is 4.54. The Morgan fingerprint density at radius 1 is 1.25 bits per heavy atom. The van der Waals surface area contributed by atoms with Gasteiger partial charge in [0.25, 0.3) is 0 Å². The van der Waals surface area contributed by atoms with Crippen LogP contribution < -0.4 is 0 Å². The molecule has 0 heterocycles. The van der Waals surface area contributed by atoms with E-state index >= 15 is 0 Å². The molecule has 0 aliphatic rings. The fourth-order valence-corrected chi connectivity index (χ4v) is 1.46. The van der Waals surface area contributed by atoms with Crippen LogP contribution in [0.1, 0.15) is 17.2 Å². The van der Waals surface area contributed by atoms with E-state index in [4.69, 9.17) is 5.26 Å². The number of hydrogen-bond acceptors (Lipinski definition) is 2. The second-order valence-electron chi connectivity index (χ2n) is 3.58. The molecule has 0 aromatic heterocycles. The zero-order valence-electron chi connectivity index (χ0n) is 8.92. The van der Waals surface area contributed by atoms with Gasteiger partial charge in [-0.1, -0.05) is 18.2 Å². The van der Waals surface area contributed by atoms with Crippen molar-refractivity contribution < 1.29 is 13.2 Å². The summed E-state index contributed by atoms with van der Waals surface area (Å²) in [6, 6.07) is 6.10.